The fraction of sp³-hybridized carbons (Fsp3) is 0. The molecule has 7 heteroatoms. The third-order valence-corrected chi connectivity index (χ3v) is 3.64. The normalized spacial score (nSPS) is 10.1. The van der Waals surface area contributed by atoms with Crippen LogP contribution in [0.4, 0.5) is 0 Å². The molecule has 0 atom stereocenters. The second kappa shape index (κ2) is 5.07. The molecule has 18 heavy (non-hydrogen) atoms. The van der Waals surface area contributed by atoms with Crippen LogP contribution in [0.1, 0.15) is 5.56 Å². The highest BCUT2D eigenvalue weighted by Crippen LogP contribution is 2.20. The highest BCUT2D eigenvalue weighted by molar-refractivity contribution is 14.1. The first-order valence-electron chi connectivity index (χ1n) is 4.74. The smallest absolute Gasteiger partial charge is 0.273 e. The average molecular weight is 418 g/mol. The maximum atomic E-state index is 11.8. The first kappa shape index (κ1) is 13.0. The molecule has 0 bridgehead atoms. The van der Waals surface area contributed by atoms with E-state index in [0.29, 0.717) is 5.69 Å². The Hall–Kier alpha value is -1.40. The lowest BCUT2D eigenvalue weighted by Crippen LogP contribution is -2.30. The van der Waals surface area contributed by atoms with Crippen molar-refractivity contribution in [3.05, 3.63) is 58.8 Å². The average Bonchev–Trinajstić information content (AvgIpc) is 2.33. The Labute approximate surface area is 123 Å². The summed E-state index contributed by atoms with van der Waals surface area (Å²) in [5.74, 6) is 0. The fourth-order valence-electron chi connectivity index (χ4n) is 1.40. The number of nitrogens with zero attached hydrogens (tertiary/aromatic N) is 2. The molecule has 0 unspecified atom stereocenters. The van der Waals surface area contributed by atoms with Crippen LogP contribution in [-0.4, -0.2) is 9.55 Å². The van der Waals surface area contributed by atoms with Gasteiger partial charge in [-0.15, -0.1) is 0 Å². The third-order valence-electron chi connectivity index (χ3n) is 2.23. The lowest BCUT2D eigenvalue weighted by atomic mass is 10.3. The van der Waals surface area contributed by atoms with E-state index < -0.39 is 11.2 Å². The Kier molecular flexibility index (Phi) is 3.68. The van der Waals surface area contributed by atoms with E-state index in [-0.39, 0.29) is 5.56 Å². The molecule has 1 aromatic heterocycles. The van der Waals surface area contributed by atoms with E-state index in [1.807, 2.05) is 12.1 Å². The minimum Gasteiger partial charge on any atom is -0.273 e. The van der Waals surface area contributed by atoms with Gasteiger partial charge in [-0.05, 0) is 40.8 Å². The number of aromatic nitrogens is 2. The summed E-state index contributed by atoms with van der Waals surface area (Å²) in [4.78, 5) is 25.2. The van der Waals surface area contributed by atoms with Crippen LogP contribution in [0.5, 0.6) is 0 Å². The van der Waals surface area contributed by atoms with E-state index in [9.17, 15) is 9.59 Å². The van der Waals surface area contributed by atoms with Gasteiger partial charge >= 0.3 is 5.69 Å². The van der Waals surface area contributed by atoms with Gasteiger partial charge in [-0.3, -0.25) is 14.3 Å². The number of hydrogen-bond donors (Lipinski definition) is 1. The Bertz CT molecular complexity index is 773. The summed E-state index contributed by atoms with van der Waals surface area (Å²) in [6, 6.07) is 7.15. The van der Waals surface area contributed by atoms with Crippen LogP contribution in [0.25, 0.3) is 5.69 Å². The van der Waals surface area contributed by atoms with Crippen molar-refractivity contribution in [2.75, 3.05) is 0 Å². The van der Waals surface area contributed by atoms with Gasteiger partial charge in [-0.1, -0.05) is 15.9 Å². The number of benzene rings is 1. The summed E-state index contributed by atoms with van der Waals surface area (Å²) in [6.07, 6.45) is 1.24. The Morgan fingerprint density at radius 3 is 2.78 bits per heavy atom. The van der Waals surface area contributed by atoms with E-state index in [1.165, 1.54) is 10.8 Å². The summed E-state index contributed by atoms with van der Waals surface area (Å²) < 4.78 is 2.87. The Morgan fingerprint density at radius 1 is 1.39 bits per heavy atom. The van der Waals surface area contributed by atoms with Crippen molar-refractivity contribution in [3.63, 3.8) is 0 Å². The summed E-state index contributed by atoms with van der Waals surface area (Å²) in [7, 11) is 0. The maximum Gasteiger partial charge on any atom is 0.333 e. The van der Waals surface area contributed by atoms with Gasteiger partial charge < -0.3 is 0 Å². The molecule has 0 aliphatic heterocycles. The summed E-state index contributed by atoms with van der Waals surface area (Å²) in [5.41, 5.74) is -0.758. The van der Waals surface area contributed by atoms with Gasteiger partial charge in [0, 0.05) is 14.2 Å². The van der Waals surface area contributed by atoms with E-state index in [0.717, 1.165) is 8.04 Å². The van der Waals surface area contributed by atoms with E-state index in [1.54, 1.807) is 12.1 Å². The predicted molar refractivity (Wildman–Crippen MR) is 77.8 cm³/mol. The van der Waals surface area contributed by atoms with Crippen molar-refractivity contribution >= 4 is 38.5 Å². The monoisotopic (exact) mass is 417 g/mol. The molecule has 2 rings (SSSR count). The van der Waals surface area contributed by atoms with Gasteiger partial charge in [0.2, 0.25) is 0 Å². The largest absolute Gasteiger partial charge is 0.333 e. The second-order valence-electron chi connectivity index (χ2n) is 3.38. The topological polar surface area (TPSA) is 78.7 Å². The molecule has 0 amide bonds. The van der Waals surface area contributed by atoms with Crippen LogP contribution in [0.15, 0.2) is 38.5 Å². The molecular formula is C11H5BrIN3O2. The van der Waals surface area contributed by atoms with Crippen molar-refractivity contribution < 1.29 is 0 Å². The standard InChI is InChI=1S/C11H5BrIN3O2/c12-7-1-2-8(13)9(3-7)16-5-6(4-14)10(17)15-11(16)18/h1-3,5H,(H,15,17,18). The zero-order valence-corrected chi connectivity index (χ0v) is 12.5. The molecule has 0 fully saturated rings. The number of halogens is 2. The molecule has 1 N–H and O–H groups in total. The van der Waals surface area contributed by atoms with Crippen LogP contribution in [0.2, 0.25) is 0 Å². The van der Waals surface area contributed by atoms with Crippen molar-refractivity contribution in [1.82, 2.24) is 9.55 Å². The van der Waals surface area contributed by atoms with Crippen LogP contribution in [0.3, 0.4) is 0 Å². The van der Waals surface area contributed by atoms with Gasteiger partial charge in [0.05, 0.1) is 5.69 Å². The highest BCUT2D eigenvalue weighted by Gasteiger charge is 2.09. The van der Waals surface area contributed by atoms with Gasteiger partial charge in [0.25, 0.3) is 5.56 Å². The molecule has 1 aromatic carbocycles. The lowest BCUT2D eigenvalue weighted by Gasteiger charge is -2.08. The van der Waals surface area contributed by atoms with Crippen molar-refractivity contribution in [1.29, 1.82) is 5.26 Å². The molecular weight excluding hydrogens is 413 g/mol. The first-order chi connectivity index (χ1) is 8.52. The third kappa shape index (κ3) is 2.39. The molecule has 0 saturated carbocycles. The SMILES string of the molecule is N#Cc1cn(-c2cc(Br)ccc2I)c(=O)[nH]c1=O. The van der Waals surface area contributed by atoms with E-state index >= 15 is 0 Å². The van der Waals surface area contributed by atoms with Crippen LogP contribution in [-0.2, 0) is 0 Å². The number of nitriles is 1. The predicted octanol–water partition coefficient (Wildman–Crippen LogP) is 1.76. The number of H-pyrrole nitrogens is 1. The molecule has 1 heterocycles. The molecule has 0 spiro atoms. The van der Waals surface area contributed by atoms with Crippen LogP contribution < -0.4 is 11.2 Å². The van der Waals surface area contributed by atoms with Crippen LogP contribution in [0, 0.1) is 14.9 Å². The molecule has 0 aliphatic carbocycles. The minimum atomic E-state index is -0.677. The summed E-state index contributed by atoms with van der Waals surface area (Å²) in [6.45, 7) is 0. The van der Waals surface area contributed by atoms with E-state index in [4.69, 9.17) is 5.26 Å². The van der Waals surface area contributed by atoms with Gasteiger partial charge in [0.1, 0.15) is 11.6 Å². The Balaban J connectivity index is 2.80. The summed E-state index contributed by atoms with van der Waals surface area (Å²) >= 11 is 5.39. The van der Waals surface area contributed by atoms with Crippen molar-refractivity contribution in [2.45, 2.75) is 0 Å². The molecule has 90 valence electrons. The Morgan fingerprint density at radius 2 is 2.11 bits per heavy atom. The number of aromatic amines is 1. The number of nitrogens with one attached hydrogen (secondary N) is 1. The van der Waals surface area contributed by atoms with Crippen molar-refractivity contribution in [2.24, 2.45) is 0 Å². The zero-order valence-electron chi connectivity index (χ0n) is 8.78. The lowest BCUT2D eigenvalue weighted by molar-refractivity contribution is 0.885. The van der Waals surface area contributed by atoms with Crippen LogP contribution >= 0.6 is 38.5 Å². The molecule has 5 nitrogen and oxygen atoms in total. The highest BCUT2D eigenvalue weighted by atomic mass is 127. The minimum absolute atomic E-state index is 0.106. The first-order valence-corrected chi connectivity index (χ1v) is 6.61. The molecule has 0 aliphatic rings. The van der Waals surface area contributed by atoms with Gasteiger partial charge in [-0.25, -0.2) is 4.79 Å². The molecule has 2 aromatic rings. The maximum absolute atomic E-state index is 11.8. The molecule has 0 saturated heterocycles. The van der Waals surface area contributed by atoms with Crippen molar-refractivity contribution in [3.8, 4) is 11.8 Å². The fourth-order valence-corrected chi connectivity index (χ4v) is 2.34. The zero-order chi connectivity index (χ0) is 13.3. The quantitative estimate of drug-likeness (QED) is 0.718. The number of hydrogen-bond acceptors (Lipinski definition) is 3. The van der Waals surface area contributed by atoms with Gasteiger partial charge in [0.15, 0.2) is 0 Å². The molecule has 0 radical (unpaired) electrons. The summed E-state index contributed by atoms with van der Waals surface area (Å²) in [5, 5.41) is 8.81. The number of rotatable bonds is 1. The van der Waals surface area contributed by atoms with Gasteiger partial charge in [-0.2, -0.15) is 5.26 Å². The van der Waals surface area contributed by atoms with E-state index in [2.05, 4.69) is 43.5 Å². The second-order valence-corrected chi connectivity index (χ2v) is 5.46.